The van der Waals surface area contributed by atoms with Crippen molar-refractivity contribution in [3.8, 4) is 0 Å². The van der Waals surface area contributed by atoms with Crippen LogP contribution in [0, 0.1) is 19.7 Å². The number of nitrogens with zero attached hydrogens (tertiary/aromatic N) is 2. The Morgan fingerprint density at radius 1 is 1.28 bits per heavy atom. The van der Waals surface area contributed by atoms with E-state index >= 15 is 0 Å². The van der Waals surface area contributed by atoms with E-state index < -0.39 is 0 Å². The van der Waals surface area contributed by atoms with Crippen molar-refractivity contribution in [3.05, 3.63) is 41.5 Å². The summed E-state index contributed by atoms with van der Waals surface area (Å²) in [5, 5.41) is 3.26. The molecule has 0 bridgehead atoms. The average Bonchev–Trinajstić information content (AvgIpc) is 2.64. The fourth-order valence-electron chi connectivity index (χ4n) is 1.89. The molecule has 96 valence electrons. The lowest BCUT2D eigenvalue weighted by Crippen LogP contribution is -2.05. The first-order chi connectivity index (χ1) is 8.47. The van der Waals surface area contributed by atoms with E-state index in [1.165, 1.54) is 12.1 Å². The molecule has 0 unspecified atom stereocenters. The fourth-order valence-corrected chi connectivity index (χ4v) is 1.89. The molecule has 0 radical (unpaired) electrons. The van der Waals surface area contributed by atoms with Crippen molar-refractivity contribution in [1.82, 2.24) is 9.55 Å². The van der Waals surface area contributed by atoms with Gasteiger partial charge in [-0.2, -0.15) is 0 Å². The molecule has 2 aromatic rings. The van der Waals surface area contributed by atoms with Crippen molar-refractivity contribution in [2.24, 2.45) is 0 Å². The van der Waals surface area contributed by atoms with Gasteiger partial charge in [-0.1, -0.05) is 0 Å². The lowest BCUT2D eigenvalue weighted by atomic mass is 10.2. The number of aromatic nitrogens is 2. The normalized spacial score (nSPS) is 11.0. The predicted molar refractivity (Wildman–Crippen MR) is 71.8 cm³/mol. The number of rotatable bonds is 3. The number of benzene rings is 1. The molecule has 0 spiro atoms. The van der Waals surface area contributed by atoms with Crippen molar-refractivity contribution >= 4 is 11.6 Å². The molecule has 18 heavy (non-hydrogen) atoms. The van der Waals surface area contributed by atoms with E-state index in [1.54, 1.807) is 6.07 Å². The third kappa shape index (κ3) is 2.53. The molecule has 1 aromatic heterocycles. The Kier molecular flexibility index (Phi) is 3.36. The van der Waals surface area contributed by atoms with E-state index in [-0.39, 0.29) is 5.82 Å². The number of imidazole rings is 1. The highest BCUT2D eigenvalue weighted by Gasteiger charge is 2.09. The first-order valence-electron chi connectivity index (χ1n) is 6.06. The molecule has 2 rings (SSSR count). The van der Waals surface area contributed by atoms with Gasteiger partial charge in [0.15, 0.2) is 0 Å². The molecule has 0 amide bonds. The van der Waals surface area contributed by atoms with E-state index in [4.69, 9.17) is 0 Å². The Balaban J connectivity index is 2.33. The highest BCUT2D eigenvalue weighted by Crippen LogP contribution is 2.23. The number of aryl methyl sites for hydroxylation is 2. The van der Waals surface area contributed by atoms with Gasteiger partial charge >= 0.3 is 0 Å². The van der Waals surface area contributed by atoms with Gasteiger partial charge in [-0.3, -0.25) is 0 Å². The second kappa shape index (κ2) is 4.80. The second-order valence-corrected chi connectivity index (χ2v) is 4.79. The zero-order valence-corrected chi connectivity index (χ0v) is 11.2. The highest BCUT2D eigenvalue weighted by atomic mass is 19.1. The second-order valence-electron chi connectivity index (χ2n) is 4.79. The van der Waals surface area contributed by atoms with Gasteiger partial charge < -0.3 is 9.88 Å². The fraction of sp³-hybridized carbons (Fsp3) is 0.357. The Morgan fingerprint density at radius 2 is 2.00 bits per heavy atom. The summed E-state index contributed by atoms with van der Waals surface area (Å²) in [6.07, 6.45) is 2.01. The number of nitrogens with one attached hydrogen (secondary N) is 1. The molecule has 0 saturated carbocycles. The van der Waals surface area contributed by atoms with Gasteiger partial charge in [0.25, 0.3) is 0 Å². The van der Waals surface area contributed by atoms with Crippen LogP contribution < -0.4 is 5.32 Å². The number of anilines is 2. The largest absolute Gasteiger partial charge is 0.325 e. The van der Waals surface area contributed by atoms with E-state index in [1.807, 2.05) is 20.0 Å². The van der Waals surface area contributed by atoms with Crippen LogP contribution >= 0.6 is 0 Å². The summed E-state index contributed by atoms with van der Waals surface area (Å²) in [5.74, 6) is 0.568. The Hall–Kier alpha value is -1.84. The smallest absolute Gasteiger partial charge is 0.207 e. The van der Waals surface area contributed by atoms with Crippen LogP contribution in [0.2, 0.25) is 0 Å². The molecule has 0 aliphatic heterocycles. The van der Waals surface area contributed by atoms with E-state index in [0.717, 1.165) is 22.9 Å². The van der Waals surface area contributed by atoms with Crippen molar-refractivity contribution in [3.63, 3.8) is 0 Å². The van der Waals surface area contributed by atoms with E-state index in [9.17, 15) is 4.39 Å². The first kappa shape index (κ1) is 12.6. The molecule has 0 atom stereocenters. The van der Waals surface area contributed by atoms with Crippen LogP contribution in [0.4, 0.5) is 16.0 Å². The topological polar surface area (TPSA) is 29.9 Å². The van der Waals surface area contributed by atoms with Gasteiger partial charge in [-0.25, -0.2) is 9.37 Å². The summed E-state index contributed by atoms with van der Waals surface area (Å²) in [4.78, 5) is 4.45. The van der Waals surface area contributed by atoms with Crippen LogP contribution in [-0.4, -0.2) is 9.55 Å². The molecule has 1 heterocycles. The van der Waals surface area contributed by atoms with Gasteiger partial charge in [0.05, 0.1) is 5.69 Å². The van der Waals surface area contributed by atoms with Crippen molar-refractivity contribution in [2.75, 3.05) is 5.32 Å². The Morgan fingerprint density at radius 3 is 2.61 bits per heavy atom. The summed E-state index contributed by atoms with van der Waals surface area (Å²) in [6, 6.07) is 5.02. The maximum Gasteiger partial charge on any atom is 0.207 e. The standard InChI is InChI=1S/C14H18FN3/c1-9(2)18-8-11(4)16-14(18)17-13-6-5-12(15)7-10(13)3/h5-9H,1-4H3,(H,16,17). The molecule has 1 N–H and O–H groups in total. The van der Waals surface area contributed by atoms with Crippen molar-refractivity contribution in [1.29, 1.82) is 0 Å². The minimum absolute atomic E-state index is 0.221. The van der Waals surface area contributed by atoms with Gasteiger partial charge in [-0.05, 0) is 51.5 Å². The van der Waals surface area contributed by atoms with E-state index in [0.29, 0.717) is 6.04 Å². The summed E-state index contributed by atoms with van der Waals surface area (Å²) >= 11 is 0. The number of halogens is 1. The van der Waals surface area contributed by atoms with Crippen LogP contribution in [0.15, 0.2) is 24.4 Å². The van der Waals surface area contributed by atoms with Crippen LogP contribution in [-0.2, 0) is 0 Å². The first-order valence-corrected chi connectivity index (χ1v) is 6.06. The zero-order chi connectivity index (χ0) is 13.3. The summed E-state index contributed by atoms with van der Waals surface area (Å²) < 4.78 is 15.1. The third-order valence-electron chi connectivity index (χ3n) is 2.84. The summed E-state index contributed by atoms with van der Waals surface area (Å²) in [7, 11) is 0. The SMILES string of the molecule is Cc1cn(C(C)C)c(Nc2ccc(F)cc2C)n1. The Bertz CT molecular complexity index is 558. The van der Waals surface area contributed by atoms with Gasteiger partial charge in [0.1, 0.15) is 5.82 Å². The van der Waals surface area contributed by atoms with Crippen molar-refractivity contribution < 1.29 is 4.39 Å². The molecule has 0 aliphatic rings. The van der Waals surface area contributed by atoms with Crippen LogP contribution in [0.25, 0.3) is 0 Å². The average molecular weight is 247 g/mol. The Labute approximate surface area is 107 Å². The number of hydrogen-bond donors (Lipinski definition) is 1. The molecule has 0 aliphatic carbocycles. The third-order valence-corrected chi connectivity index (χ3v) is 2.84. The van der Waals surface area contributed by atoms with Crippen LogP contribution in [0.3, 0.4) is 0 Å². The maximum absolute atomic E-state index is 13.0. The number of hydrogen-bond acceptors (Lipinski definition) is 2. The molecule has 0 saturated heterocycles. The lowest BCUT2D eigenvalue weighted by Gasteiger charge is -2.14. The molecular formula is C14H18FN3. The highest BCUT2D eigenvalue weighted by molar-refractivity contribution is 5.58. The van der Waals surface area contributed by atoms with E-state index in [2.05, 4.69) is 28.7 Å². The van der Waals surface area contributed by atoms with Gasteiger partial charge in [0, 0.05) is 17.9 Å². The van der Waals surface area contributed by atoms with Gasteiger partial charge in [-0.15, -0.1) is 0 Å². The van der Waals surface area contributed by atoms with Crippen molar-refractivity contribution in [2.45, 2.75) is 33.7 Å². The molecule has 0 fully saturated rings. The molecule has 1 aromatic carbocycles. The van der Waals surface area contributed by atoms with Crippen LogP contribution in [0.5, 0.6) is 0 Å². The summed E-state index contributed by atoms with van der Waals surface area (Å²) in [6.45, 7) is 8.04. The molecule has 4 heteroatoms. The maximum atomic E-state index is 13.0. The zero-order valence-electron chi connectivity index (χ0n) is 11.2. The predicted octanol–water partition coefficient (Wildman–Crippen LogP) is 3.96. The van der Waals surface area contributed by atoms with Gasteiger partial charge in [0.2, 0.25) is 5.95 Å². The lowest BCUT2D eigenvalue weighted by molar-refractivity contribution is 0.607. The summed E-state index contributed by atoms with van der Waals surface area (Å²) in [5.41, 5.74) is 2.71. The molecule has 3 nitrogen and oxygen atoms in total. The minimum atomic E-state index is -0.221. The van der Waals surface area contributed by atoms with Crippen LogP contribution in [0.1, 0.15) is 31.1 Å². The monoisotopic (exact) mass is 247 g/mol. The minimum Gasteiger partial charge on any atom is -0.325 e. The molecular weight excluding hydrogens is 229 g/mol. The quantitative estimate of drug-likeness (QED) is 0.889.